The van der Waals surface area contributed by atoms with E-state index in [9.17, 15) is 9.18 Å². The SMILES string of the molecule is COc1ccc(F)cc1CNC(=O)NN. The van der Waals surface area contributed by atoms with Gasteiger partial charge in [-0.25, -0.2) is 15.0 Å². The number of ether oxygens (including phenoxy) is 1. The van der Waals surface area contributed by atoms with Crippen LogP contribution < -0.4 is 21.3 Å². The number of nitrogens with one attached hydrogen (secondary N) is 2. The number of benzene rings is 1. The molecule has 1 aromatic carbocycles. The Hall–Kier alpha value is -1.82. The molecule has 0 aliphatic carbocycles. The Morgan fingerprint density at radius 3 is 2.93 bits per heavy atom. The lowest BCUT2D eigenvalue weighted by molar-refractivity contribution is 0.240. The Balaban J connectivity index is 2.74. The number of methoxy groups -OCH3 is 1. The molecule has 0 heterocycles. The van der Waals surface area contributed by atoms with E-state index in [4.69, 9.17) is 10.6 Å². The molecule has 1 rings (SSSR count). The molecule has 4 N–H and O–H groups in total. The number of urea groups is 1. The summed E-state index contributed by atoms with van der Waals surface area (Å²) in [6.45, 7) is 0.143. The maximum Gasteiger partial charge on any atom is 0.329 e. The van der Waals surface area contributed by atoms with Gasteiger partial charge in [0.25, 0.3) is 0 Å². The Labute approximate surface area is 86.4 Å². The Kier molecular flexibility index (Phi) is 3.87. The molecule has 6 heteroatoms. The normalized spacial score (nSPS) is 9.53. The number of halogens is 1. The van der Waals surface area contributed by atoms with Gasteiger partial charge in [-0.15, -0.1) is 0 Å². The molecule has 82 valence electrons. The van der Waals surface area contributed by atoms with E-state index < -0.39 is 6.03 Å². The van der Waals surface area contributed by atoms with Crippen LogP contribution in [0.5, 0.6) is 5.75 Å². The summed E-state index contributed by atoms with van der Waals surface area (Å²) >= 11 is 0. The van der Waals surface area contributed by atoms with E-state index in [1.54, 1.807) is 0 Å². The quantitative estimate of drug-likeness (QED) is 0.389. The van der Waals surface area contributed by atoms with Crippen LogP contribution in [0.4, 0.5) is 9.18 Å². The van der Waals surface area contributed by atoms with Gasteiger partial charge in [-0.2, -0.15) is 0 Å². The monoisotopic (exact) mass is 213 g/mol. The van der Waals surface area contributed by atoms with Crippen molar-refractivity contribution in [3.63, 3.8) is 0 Å². The summed E-state index contributed by atoms with van der Waals surface area (Å²) in [4.78, 5) is 10.8. The van der Waals surface area contributed by atoms with Crippen LogP contribution in [0.3, 0.4) is 0 Å². The molecule has 0 aliphatic rings. The largest absolute Gasteiger partial charge is 0.496 e. The molecule has 0 aliphatic heterocycles. The second-order valence-corrected chi connectivity index (χ2v) is 2.78. The number of carbonyl (C=O) groups excluding carboxylic acids is 1. The zero-order valence-corrected chi connectivity index (χ0v) is 8.21. The lowest BCUT2D eigenvalue weighted by Crippen LogP contribution is -2.39. The molecular weight excluding hydrogens is 201 g/mol. The van der Waals surface area contributed by atoms with Crippen LogP contribution in [0.1, 0.15) is 5.56 Å². The summed E-state index contributed by atoms with van der Waals surface area (Å²) in [7, 11) is 1.47. The van der Waals surface area contributed by atoms with Gasteiger partial charge in [-0.1, -0.05) is 0 Å². The first-order valence-corrected chi connectivity index (χ1v) is 4.24. The van der Waals surface area contributed by atoms with E-state index in [0.29, 0.717) is 11.3 Å². The lowest BCUT2D eigenvalue weighted by atomic mass is 10.2. The Morgan fingerprint density at radius 2 is 2.33 bits per heavy atom. The molecule has 0 atom stereocenters. The third-order valence-corrected chi connectivity index (χ3v) is 1.81. The minimum Gasteiger partial charge on any atom is -0.496 e. The zero-order valence-electron chi connectivity index (χ0n) is 8.21. The highest BCUT2D eigenvalue weighted by Gasteiger charge is 2.05. The highest BCUT2D eigenvalue weighted by Crippen LogP contribution is 2.18. The first kappa shape index (κ1) is 11.3. The van der Waals surface area contributed by atoms with Crippen LogP contribution in [0, 0.1) is 5.82 Å². The predicted molar refractivity (Wildman–Crippen MR) is 52.5 cm³/mol. The Bertz CT molecular complexity index is 357. The fourth-order valence-corrected chi connectivity index (χ4v) is 1.11. The number of hydrogen-bond donors (Lipinski definition) is 3. The van der Waals surface area contributed by atoms with Crippen molar-refractivity contribution in [3.05, 3.63) is 29.6 Å². The van der Waals surface area contributed by atoms with Gasteiger partial charge >= 0.3 is 6.03 Å². The summed E-state index contributed by atoms with van der Waals surface area (Å²) in [6.07, 6.45) is 0. The first-order chi connectivity index (χ1) is 7.17. The van der Waals surface area contributed by atoms with Crippen LogP contribution in [0.2, 0.25) is 0 Å². The smallest absolute Gasteiger partial charge is 0.329 e. The molecule has 0 saturated heterocycles. The van der Waals surface area contributed by atoms with Crippen LogP contribution in [0.15, 0.2) is 18.2 Å². The molecule has 0 aromatic heterocycles. The van der Waals surface area contributed by atoms with Crippen molar-refractivity contribution in [2.45, 2.75) is 6.54 Å². The Morgan fingerprint density at radius 1 is 1.60 bits per heavy atom. The highest BCUT2D eigenvalue weighted by molar-refractivity contribution is 5.73. The first-order valence-electron chi connectivity index (χ1n) is 4.24. The van der Waals surface area contributed by atoms with Gasteiger partial charge in [0.1, 0.15) is 11.6 Å². The average Bonchev–Trinajstić information content (AvgIpc) is 2.26. The number of rotatable bonds is 3. The van der Waals surface area contributed by atoms with Gasteiger partial charge in [0.15, 0.2) is 0 Å². The highest BCUT2D eigenvalue weighted by atomic mass is 19.1. The fourth-order valence-electron chi connectivity index (χ4n) is 1.11. The van der Waals surface area contributed by atoms with Gasteiger partial charge in [-0.05, 0) is 18.2 Å². The summed E-state index contributed by atoms with van der Waals surface area (Å²) in [5.74, 6) is 4.99. The topological polar surface area (TPSA) is 76.4 Å². The van der Waals surface area contributed by atoms with Crippen molar-refractivity contribution < 1.29 is 13.9 Å². The lowest BCUT2D eigenvalue weighted by Gasteiger charge is -2.09. The summed E-state index contributed by atoms with van der Waals surface area (Å²) in [5, 5.41) is 2.43. The standard InChI is InChI=1S/C9H12FN3O2/c1-15-8-3-2-7(10)4-6(8)5-12-9(14)13-11/h2-4H,5,11H2,1H3,(H2,12,13,14). The second kappa shape index (κ2) is 5.16. The maximum atomic E-state index is 12.9. The summed E-state index contributed by atoms with van der Waals surface area (Å²) in [5.41, 5.74) is 2.45. The van der Waals surface area contributed by atoms with E-state index >= 15 is 0 Å². The number of hydrogen-bond acceptors (Lipinski definition) is 3. The van der Waals surface area contributed by atoms with Crippen LogP contribution in [-0.4, -0.2) is 13.1 Å². The van der Waals surface area contributed by atoms with Crippen molar-refractivity contribution in [2.75, 3.05) is 7.11 Å². The summed E-state index contributed by atoms with van der Waals surface area (Å²) < 4.78 is 17.9. The number of amides is 2. The molecule has 0 unspecified atom stereocenters. The molecule has 0 fully saturated rings. The van der Waals surface area contributed by atoms with Gasteiger partial charge in [0.2, 0.25) is 0 Å². The molecule has 0 bridgehead atoms. The third kappa shape index (κ3) is 3.10. The number of nitrogens with two attached hydrogens (primary N) is 1. The molecular formula is C9H12FN3O2. The molecule has 2 amide bonds. The van der Waals surface area contributed by atoms with Crippen molar-refractivity contribution >= 4 is 6.03 Å². The minimum atomic E-state index is -0.540. The number of carbonyl (C=O) groups is 1. The summed E-state index contributed by atoms with van der Waals surface area (Å²) in [6, 6.07) is 3.52. The van der Waals surface area contributed by atoms with Crippen LogP contribution >= 0.6 is 0 Å². The van der Waals surface area contributed by atoms with Crippen LogP contribution in [-0.2, 0) is 6.54 Å². The van der Waals surface area contributed by atoms with Gasteiger partial charge in [-0.3, -0.25) is 5.43 Å². The molecule has 1 aromatic rings. The minimum absolute atomic E-state index is 0.143. The van der Waals surface area contributed by atoms with Gasteiger partial charge < -0.3 is 10.1 Å². The zero-order chi connectivity index (χ0) is 11.3. The van der Waals surface area contributed by atoms with E-state index in [2.05, 4.69) is 5.32 Å². The number of hydrazine groups is 1. The predicted octanol–water partition coefficient (Wildman–Crippen LogP) is 0.507. The fraction of sp³-hybridized carbons (Fsp3) is 0.222. The molecule has 15 heavy (non-hydrogen) atoms. The van der Waals surface area contributed by atoms with Crippen LogP contribution in [0.25, 0.3) is 0 Å². The van der Waals surface area contributed by atoms with Gasteiger partial charge in [0.05, 0.1) is 7.11 Å². The van der Waals surface area contributed by atoms with E-state index in [0.717, 1.165) is 0 Å². The van der Waals surface area contributed by atoms with Crippen molar-refractivity contribution in [1.82, 2.24) is 10.7 Å². The van der Waals surface area contributed by atoms with Gasteiger partial charge in [0, 0.05) is 12.1 Å². The molecule has 0 spiro atoms. The third-order valence-electron chi connectivity index (χ3n) is 1.81. The van der Waals surface area contributed by atoms with E-state index in [1.165, 1.54) is 25.3 Å². The molecule has 0 saturated carbocycles. The van der Waals surface area contributed by atoms with Crippen molar-refractivity contribution in [2.24, 2.45) is 5.84 Å². The van der Waals surface area contributed by atoms with E-state index in [1.807, 2.05) is 5.43 Å². The maximum absolute atomic E-state index is 12.9. The second-order valence-electron chi connectivity index (χ2n) is 2.78. The molecule has 5 nitrogen and oxygen atoms in total. The molecule has 0 radical (unpaired) electrons. The van der Waals surface area contributed by atoms with Crippen molar-refractivity contribution in [3.8, 4) is 5.75 Å². The average molecular weight is 213 g/mol. The van der Waals surface area contributed by atoms with Crippen molar-refractivity contribution in [1.29, 1.82) is 0 Å². The van der Waals surface area contributed by atoms with E-state index in [-0.39, 0.29) is 12.4 Å².